The fourth-order valence-corrected chi connectivity index (χ4v) is 2.85. The summed E-state index contributed by atoms with van der Waals surface area (Å²) >= 11 is 5.86. The molecule has 1 aliphatic heterocycles. The number of rotatable bonds is 4. The van der Waals surface area contributed by atoms with Gasteiger partial charge in [-0.1, -0.05) is 17.7 Å². The molecule has 0 aliphatic carbocycles. The van der Waals surface area contributed by atoms with Crippen LogP contribution in [-0.4, -0.2) is 59.8 Å². The van der Waals surface area contributed by atoms with Gasteiger partial charge in [0.1, 0.15) is 17.4 Å². The molecular formula is C18H26ClN3O4. The molecule has 1 aromatic rings. The summed E-state index contributed by atoms with van der Waals surface area (Å²) < 4.78 is 5.28. The Morgan fingerprint density at radius 2 is 2.00 bits per heavy atom. The van der Waals surface area contributed by atoms with Crippen molar-refractivity contribution in [2.45, 2.75) is 38.8 Å². The normalized spacial score (nSPS) is 16.1. The summed E-state index contributed by atoms with van der Waals surface area (Å²) in [5, 5.41) is 16.3. The van der Waals surface area contributed by atoms with Crippen LogP contribution in [0.15, 0.2) is 18.2 Å². The summed E-state index contributed by atoms with van der Waals surface area (Å²) in [7, 11) is 0. The number of halogens is 1. The van der Waals surface area contributed by atoms with Crippen LogP contribution in [0.25, 0.3) is 0 Å². The zero-order valence-electron chi connectivity index (χ0n) is 15.3. The highest BCUT2D eigenvalue weighted by Gasteiger charge is 2.29. The predicted octanol–water partition coefficient (Wildman–Crippen LogP) is 1.91. The molecule has 2 amide bonds. The zero-order chi connectivity index (χ0) is 19.3. The van der Waals surface area contributed by atoms with Crippen LogP contribution in [0, 0.1) is 0 Å². The van der Waals surface area contributed by atoms with Crippen LogP contribution < -0.4 is 10.6 Å². The number of nitrogens with zero attached hydrogens (tertiary/aromatic N) is 1. The molecule has 0 saturated carbocycles. The van der Waals surface area contributed by atoms with Crippen LogP contribution in [0.1, 0.15) is 26.3 Å². The average molecular weight is 384 g/mol. The van der Waals surface area contributed by atoms with E-state index >= 15 is 0 Å². The highest BCUT2D eigenvalue weighted by Crippen LogP contribution is 2.23. The monoisotopic (exact) mass is 383 g/mol. The Labute approximate surface area is 158 Å². The second-order valence-corrected chi connectivity index (χ2v) is 7.69. The van der Waals surface area contributed by atoms with Gasteiger partial charge in [0, 0.05) is 37.6 Å². The molecule has 26 heavy (non-hydrogen) atoms. The molecule has 144 valence electrons. The number of hydrogen-bond donors (Lipinski definition) is 3. The number of amides is 2. The third-order valence-corrected chi connectivity index (χ3v) is 4.12. The van der Waals surface area contributed by atoms with Crippen molar-refractivity contribution < 1.29 is 19.4 Å². The largest absolute Gasteiger partial charge is 0.508 e. The van der Waals surface area contributed by atoms with Gasteiger partial charge in [0.25, 0.3) is 0 Å². The standard InChI is InChI=1S/C18H26ClN3O4/c1-18(2,3)26-17(25)21-14(16(24)22-8-6-20-7-9-22)10-12-4-5-13(19)11-15(12)23/h4-5,11,14,20,23H,6-10H2,1-3H3,(H,21,25). The van der Waals surface area contributed by atoms with Gasteiger partial charge in [-0.3, -0.25) is 4.79 Å². The van der Waals surface area contributed by atoms with Crippen LogP contribution in [0.5, 0.6) is 5.75 Å². The van der Waals surface area contributed by atoms with E-state index in [0.717, 1.165) is 0 Å². The maximum atomic E-state index is 12.9. The Morgan fingerprint density at radius 3 is 2.58 bits per heavy atom. The van der Waals surface area contributed by atoms with Gasteiger partial charge in [0.2, 0.25) is 5.91 Å². The van der Waals surface area contributed by atoms with Gasteiger partial charge in [-0.2, -0.15) is 0 Å². The minimum Gasteiger partial charge on any atom is -0.508 e. The smallest absolute Gasteiger partial charge is 0.408 e. The molecule has 0 radical (unpaired) electrons. The summed E-state index contributed by atoms with van der Waals surface area (Å²) in [4.78, 5) is 26.8. The number of piperazine rings is 1. The van der Waals surface area contributed by atoms with Crippen molar-refractivity contribution in [2.75, 3.05) is 26.2 Å². The van der Waals surface area contributed by atoms with E-state index in [0.29, 0.717) is 36.8 Å². The molecule has 1 heterocycles. The van der Waals surface area contributed by atoms with Crippen molar-refractivity contribution in [2.24, 2.45) is 0 Å². The maximum Gasteiger partial charge on any atom is 0.408 e. The number of phenolic OH excluding ortho intramolecular Hbond substituents is 1. The summed E-state index contributed by atoms with van der Waals surface area (Å²) in [6.45, 7) is 7.81. The van der Waals surface area contributed by atoms with Crippen molar-refractivity contribution >= 4 is 23.6 Å². The number of benzene rings is 1. The van der Waals surface area contributed by atoms with Crippen LogP contribution in [-0.2, 0) is 16.0 Å². The van der Waals surface area contributed by atoms with Crippen molar-refractivity contribution in [3.05, 3.63) is 28.8 Å². The Bertz CT molecular complexity index is 654. The molecule has 7 nitrogen and oxygen atoms in total. The Hall–Kier alpha value is -1.99. The topological polar surface area (TPSA) is 90.9 Å². The SMILES string of the molecule is CC(C)(C)OC(=O)NC(Cc1ccc(Cl)cc1O)C(=O)N1CCNCC1. The maximum absolute atomic E-state index is 12.9. The Morgan fingerprint density at radius 1 is 1.35 bits per heavy atom. The predicted molar refractivity (Wildman–Crippen MR) is 99.4 cm³/mol. The highest BCUT2D eigenvalue weighted by atomic mass is 35.5. The molecular weight excluding hydrogens is 358 g/mol. The summed E-state index contributed by atoms with van der Waals surface area (Å²) in [5.41, 5.74) is -0.145. The fraction of sp³-hybridized carbons (Fsp3) is 0.556. The van der Waals surface area contributed by atoms with Gasteiger partial charge in [-0.15, -0.1) is 0 Å². The first-order valence-electron chi connectivity index (χ1n) is 8.62. The van der Waals surface area contributed by atoms with Gasteiger partial charge in [-0.05, 0) is 38.5 Å². The van der Waals surface area contributed by atoms with Crippen LogP contribution in [0.2, 0.25) is 5.02 Å². The minimum atomic E-state index is -0.838. The molecule has 0 aromatic heterocycles. The van der Waals surface area contributed by atoms with Crippen LogP contribution >= 0.6 is 11.6 Å². The van der Waals surface area contributed by atoms with Crippen molar-refractivity contribution in [1.82, 2.24) is 15.5 Å². The number of nitrogens with one attached hydrogen (secondary N) is 2. The molecule has 3 N–H and O–H groups in total. The molecule has 0 bridgehead atoms. The summed E-state index contributed by atoms with van der Waals surface area (Å²) in [6.07, 6.45) is -0.523. The quantitative estimate of drug-likeness (QED) is 0.738. The second-order valence-electron chi connectivity index (χ2n) is 7.25. The fourth-order valence-electron chi connectivity index (χ4n) is 2.69. The molecule has 1 unspecified atom stereocenters. The molecule has 0 spiro atoms. The number of ether oxygens (including phenoxy) is 1. The molecule has 1 fully saturated rings. The van der Waals surface area contributed by atoms with Gasteiger partial charge in [0.15, 0.2) is 0 Å². The van der Waals surface area contributed by atoms with Crippen molar-refractivity contribution in [3.63, 3.8) is 0 Å². The lowest BCUT2D eigenvalue weighted by atomic mass is 10.0. The van der Waals surface area contributed by atoms with Crippen LogP contribution in [0.4, 0.5) is 4.79 Å². The minimum absolute atomic E-state index is 0.0124. The van der Waals surface area contributed by atoms with Crippen molar-refractivity contribution in [3.8, 4) is 5.75 Å². The van der Waals surface area contributed by atoms with Crippen LogP contribution in [0.3, 0.4) is 0 Å². The van der Waals surface area contributed by atoms with E-state index in [-0.39, 0.29) is 18.1 Å². The van der Waals surface area contributed by atoms with Gasteiger partial charge in [-0.25, -0.2) is 4.79 Å². The van der Waals surface area contributed by atoms with E-state index in [1.165, 1.54) is 6.07 Å². The summed E-state index contributed by atoms with van der Waals surface area (Å²) in [5.74, 6) is -0.215. The first-order chi connectivity index (χ1) is 12.2. The average Bonchev–Trinajstić information content (AvgIpc) is 2.55. The van der Waals surface area contributed by atoms with Gasteiger partial charge < -0.3 is 25.4 Å². The molecule has 1 aromatic carbocycles. The first kappa shape index (κ1) is 20.3. The lowest BCUT2D eigenvalue weighted by Crippen LogP contribution is -2.55. The second kappa shape index (κ2) is 8.60. The number of alkyl carbamates (subject to hydrolysis) is 1. The number of carbonyl (C=O) groups excluding carboxylic acids is 2. The highest BCUT2D eigenvalue weighted by molar-refractivity contribution is 6.30. The van der Waals surface area contributed by atoms with E-state index in [2.05, 4.69) is 10.6 Å². The van der Waals surface area contributed by atoms with E-state index < -0.39 is 17.7 Å². The number of aromatic hydroxyl groups is 1. The number of hydrogen-bond acceptors (Lipinski definition) is 5. The number of carbonyl (C=O) groups is 2. The van der Waals surface area contributed by atoms with E-state index in [1.807, 2.05) is 0 Å². The molecule has 8 heteroatoms. The molecule has 1 aliphatic rings. The third-order valence-electron chi connectivity index (χ3n) is 3.89. The Kier molecular flexibility index (Phi) is 6.72. The number of phenols is 1. The lowest BCUT2D eigenvalue weighted by molar-refractivity contribution is -0.134. The molecule has 1 saturated heterocycles. The van der Waals surface area contributed by atoms with Crippen molar-refractivity contribution in [1.29, 1.82) is 0 Å². The Balaban J connectivity index is 2.16. The van der Waals surface area contributed by atoms with E-state index in [1.54, 1.807) is 37.8 Å². The zero-order valence-corrected chi connectivity index (χ0v) is 16.1. The first-order valence-corrected chi connectivity index (χ1v) is 9.00. The molecule has 2 rings (SSSR count). The van der Waals surface area contributed by atoms with Gasteiger partial charge in [0.05, 0.1) is 0 Å². The third kappa shape index (κ3) is 6.07. The van der Waals surface area contributed by atoms with Gasteiger partial charge >= 0.3 is 6.09 Å². The summed E-state index contributed by atoms with van der Waals surface area (Å²) in [6, 6.07) is 3.86. The molecule has 1 atom stereocenters. The lowest BCUT2D eigenvalue weighted by Gasteiger charge is -2.31. The van der Waals surface area contributed by atoms with E-state index in [9.17, 15) is 14.7 Å². The van der Waals surface area contributed by atoms with E-state index in [4.69, 9.17) is 16.3 Å².